The maximum atomic E-state index is 12.2. The number of Topliss-reactive ketones (excluding diaryl/α,β-unsaturated/α-hetero) is 1. The molecule has 0 aliphatic carbocycles. The Balaban J connectivity index is 1.69. The van der Waals surface area contributed by atoms with Crippen molar-refractivity contribution in [1.82, 2.24) is 19.9 Å². The number of carbonyl (C=O) groups excluding carboxylic acids is 1. The van der Waals surface area contributed by atoms with E-state index in [4.69, 9.17) is 4.98 Å². The third kappa shape index (κ3) is 3.96. The average molecular weight is 426 g/mol. The Kier molecular flexibility index (Phi) is 5.70. The number of anilines is 2. The molecule has 0 amide bonds. The normalized spacial score (nSPS) is 13.0. The first-order chi connectivity index (χ1) is 15.3. The van der Waals surface area contributed by atoms with Crippen molar-refractivity contribution in [2.24, 2.45) is 0 Å². The van der Waals surface area contributed by atoms with Gasteiger partial charge in [0.1, 0.15) is 17.4 Å². The fourth-order valence-electron chi connectivity index (χ4n) is 3.81. The van der Waals surface area contributed by atoms with E-state index in [-0.39, 0.29) is 5.78 Å². The van der Waals surface area contributed by atoms with E-state index in [1.807, 2.05) is 76.2 Å². The van der Waals surface area contributed by atoms with Crippen molar-refractivity contribution < 1.29 is 4.79 Å². The first-order valence-electron chi connectivity index (χ1n) is 10.8. The third-order valence-electron chi connectivity index (χ3n) is 6.19. The minimum Gasteiger partial charge on any atom is -0.340 e. The molecule has 0 bridgehead atoms. The number of pyridine rings is 2. The number of carbonyl (C=O) groups is 1. The molecule has 0 saturated carbocycles. The number of hydrogen-bond donors (Lipinski definition) is 1. The molecule has 1 N–H and O–H groups in total. The Morgan fingerprint density at radius 1 is 1.00 bits per heavy atom. The largest absolute Gasteiger partial charge is 0.340 e. The van der Waals surface area contributed by atoms with Gasteiger partial charge in [-0.2, -0.15) is 0 Å². The number of nitrogens with one attached hydrogen (secondary N) is 1. The first-order valence-corrected chi connectivity index (χ1v) is 10.8. The zero-order chi connectivity index (χ0) is 22.9. The second kappa shape index (κ2) is 8.46. The molecule has 0 radical (unpaired) electrons. The summed E-state index contributed by atoms with van der Waals surface area (Å²) in [6.07, 6.45) is 2.53. The molecule has 6 nitrogen and oxygen atoms in total. The lowest BCUT2D eigenvalue weighted by Crippen LogP contribution is -2.29. The van der Waals surface area contributed by atoms with Crippen molar-refractivity contribution >= 4 is 28.3 Å². The lowest BCUT2D eigenvalue weighted by molar-refractivity contribution is -0.122. The number of ketones is 1. The maximum Gasteiger partial charge on any atom is 0.165 e. The molecule has 32 heavy (non-hydrogen) atoms. The van der Waals surface area contributed by atoms with Gasteiger partial charge in [-0.3, -0.25) is 9.78 Å². The predicted molar refractivity (Wildman–Crippen MR) is 128 cm³/mol. The number of benzene rings is 1. The van der Waals surface area contributed by atoms with Crippen LogP contribution in [0, 0.1) is 13.8 Å². The molecule has 162 valence electrons. The summed E-state index contributed by atoms with van der Waals surface area (Å²) in [5, 5.41) is 4.23. The summed E-state index contributed by atoms with van der Waals surface area (Å²) in [6.45, 7) is 9.56. The van der Waals surface area contributed by atoms with Gasteiger partial charge in [-0.05, 0) is 75.6 Å². The molecule has 0 aliphatic rings. The molecular formula is C26H27N5O. The predicted octanol–water partition coefficient (Wildman–Crippen LogP) is 5.70. The van der Waals surface area contributed by atoms with E-state index in [9.17, 15) is 4.79 Å². The Morgan fingerprint density at radius 3 is 2.41 bits per heavy atom. The van der Waals surface area contributed by atoms with Crippen LogP contribution < -0.4 is 5.32 Å². The van der Waals surface area contributed by atoms with Crippen molar-refractivity contribution in [3.8, 4) is 11.4 Å². The van der Waals surface area contributed by atoms with E-state index in [0.29, 0.717) is 17.3 Å². The molecule has 6 heteroatoms. The number of hydrogen-bond acceptors (Lipinski definition) is 6. The number of nitrogens with zero attached hydrogens (tertiary/aromatic N) is 4. The Bertz CT molecular complexity index is 1300. The highest BCUT2D eigenvalue weighted by atomic mass is 16.1. The van der Waals surface area contributed by atoms with Crippen LogP contribution in [0.5, 0.6) is 0 Å². The van der Waals surface area contributed by atoms with Gasteiger partial charge < -0.3 is 5.32 Å². The number of aromatic nitrogens is 4. The highest BCUT2D eigenvalue weighted by Crippen LogP contribution is 2.31. The van der Waals surface area contributed by atoms with Gasteiger partial charge in [0.05, 0.1) is 22.2 Å². The molecular weight excluding hydrogens is 398 g/mol. The summed E-state index contributed by atoms with van der Waals surface area (Å²) in [5.74, 6) is 1.50. The summed E-state index contributed by atoms with van der Waals surface area (Å²) >= 11 is 0. The Labute approximate surface area is 188 Å². The smallest absolute Gasteiger partial charge is 0.165 e. The van der Waals surface area contributed by atoms with Gasteiger partial charge in [0.25, 0.3) is 0 Å². The average Bonchev–Trinajstić information content (AvgIpc) is 2.78. The van der Waals surface area contributed by atoms with Gasteiger partial charge in [-0.1, -0.05) is 25.1 Å². The minimum atomic E-state index is -0.472. The van der Waals surface area contributed by atoms with Gasteiger partial charge in [-0.15, -0.1) is 0 Å². The molecule has 4 aromatic rings. The standard InChI is InChI=1S/C26H27N5O/c1-6-26(5,17(3)32)19-9-11-20(12-10-19)30-24-21-13-14-22(23-16(2)8-7-15-27-23)31-25(21)29-18(4)28-24/h7-15H,6H2,1-5H3,(H,28,29,30,31). The van der Waals surface area contributed by atoms with Crippen LogP contribution in [0.2, 0.25) is 0 Å². The highest BCUT2D eigenvalue weighted by Gasteiger charge is 2.29. The van der Waals surface area contributed by atoms with Crippen molar-refractivity contribution in [1.29, 1.82) is 0 Å². The van der Waals surface area contributed by atoms with Gasteiger partial charge in [-0.25, -0.2) is 15.0 Å². The molecule has 0 fully saturated rings. The Hall–Kier alpha value is -3.67. The number of rotatable bonds is 6. The summed E-state index contributed by atoms with van der Waals surface area (Å²) < 4.78 is 0. The molecule has 1 aromatic carbocycles. The summed E-state index contributed by atoms with van der Waals surface area (Å²) in [7, 11) is 0. The van der Waals surface area contributed by atoms with Crippen LogP contribution in [0.1, 0.15) is 44.1 Å². The highest BCUT2D eigenvalue weighted by molar-refractivity contribution is 5.90. The van der Waals surface area contributed by atoms with Gasteiger partial charge in [0.15, 0.2) is 5.65 Å². The molecule has 0 saturated heterocycles. The monoisotopic (exact) mass is 425 g/mol. The molecule has 3 aromatic heterocycles. The fourth-order valence-corrected chi connectivity index (χ4v) is 3.81. The van der Waals surface area contributed by atoms with E-state index in [1.54, 1.807) is 13.1 Å². The van der Waals surface area contributed by atoms with Crippen LogP contribution in [0.4, 0.5) is 11.5 Å². The topological polar surface area (TPSA) is 80.7 Å². The van der Waals surface area contributed by atoms with Crippen LogP contribution in [-0.4, -0.2) is 25.7 Å². The van der Waals surface area contributed by atoms with Crippen molar-refractivity contribution in [3.63, 3.8) is 0 Å². The zero-order valence-corrected chi connectivity index (χ0v) is 19.1. The van der Waals surface area contributed by atoms with E-state index < -0.39 is 5.41 Å². The minimum absolute atomic E-state index is 0.170. The van der Waals surface area contributed by atoms with Gasteiger partial charge in [0.2, 0.25) is 0 Å². The molecule has 4 rings (SSSR count). The fraction of sp³-hybridized carbons (Fsp3) is 0.269. The quantitative estimate of drug-likeness (QED) is 0.426. The third-order valence-corrected chi connectivity index (χ3v) is 6.19. The first kappa shape index (κ1) is 21.6. The second-order valence-corrected chi connectivity index (χ2v) is 8.30. The van der Waals surface area contributed by atoms with E-state index in [1.165, 1.54) is 0 Å². The number of fused-ring (bicyclic) bond motifs is 1. The SMILES string of the molecule is CCC(C)(C(C)=O)c1ccc(Nc2nc(C)nc3nc(-c4ncccc4C)ccc23)cc1. The maximum absolute atomic E-state index is 12.2. The van der Waals surface area contributed by atoms with E-state index >= 15 is 0 Å². The summed E-state index contributed by atoms with van der Waals surface area (Å²) in [4.78, 5) is 30.5. The molecule has 0 aliphatic heterocycles. The second-order valence-electron chi connectivity index (χ2n) is 8.30. The van der Waals surface area contributed by atoms with Crippen LogP contribution in [0.25, 0.3) is 22.4 Å². The van der Waals surface area contributed by atoms with Gasteiger partial charge in [0, 0.05) is 11.9 Å². The van der Waals surface area contributed by atoms with Crippen molar-refractivity contribution in [3.05, 3.63) is 71.7 Å². The van der Waals surface area contributed by atoms with Crippen LogP contribution in [0.15, 0.2) is 54.7 Å². The molecule has 1 atom stereocenters. The van der Waals surface area contributed by atoms with Gasteiger partial charge >= 0.3 is 0 Å². The van der Waals surface area contributed by atoms with Crippen molar-refractivity contribution in [2.45, 2.75) is 46.5 Å². The van der Waals surface area contributed by atoms with E-state index in [0.717, 1.165) is 40.0 Å². The molecule has 3 heterocycles. The van der Waals surface area contributed by atoms with Crippen LogP contribution in [0.3, 0.4) is 0 Å². The molecule has 1 unspecified atom stereocenters. The van der Waals surface area contributed by atoms with E-state index in [2.05, 4.69) is 20.3 Å². The Morgan fingerprint density at radius 2 is 1.75 bits per heavy atom. The lowest BCUT2D eigenvalue weighted by atomic mass is 9.77. The lowest BCUT2D eigenvalue weighted by Gasteiger charge is -2.25. The zero-order valence-electron chi connectivity index (χ0n) is 19.1. The van der Waals surface area contributed by atoms with Crippen LogP contribution >= 0.6 is 0 Å². The van der Waals surface area contributed by atoms with Crippen LogP contribution in [-0.2, 0) is 10.2 Å². The molecule has 0 spiro atoms. The number of aryl methyl sites for hydroxylation is 2. The summed E-state index contributed by atoms with van der Waals surface area (Å²) in [6, 6.07) is 15.8. The summed E-state index contributed by atoms with van der Waals surface area (Å²) in [5.41, 5.74) is 4.74. The van der Waals surface area contributed by atoms with Crippen molar-refractivity contribution in [2.75, 3.05) is 5.32 Å².